The second-order valence-corrected chi connectivity index (χ2v) is 8.80. The molecule has 1 atom stereocenters. The van der Waals surface area contributed by atoms with Crippen molar-refractivity contribution in [2.24, 2.45) is 0 Å². The average Bonchev–Trinajstić information content (AvgIpc) is 2.63. The number of carbonyl (C=O) groups excluding carboxylic acids is 2. The van der Waals surface area contributed by atoms with E-state index in [2.05, 4.69) is 5.32 Å². The first-order valence-corrected chi connectivity index (χ1v) is 9.89. The minimum Gasteiger partial charge on any atom is -0.465 e. The number of nitrogens with one attached hydrogen (secondary N) is 1. The van der Waals surface area contributed by atoms with Crippen LogP contribution < -0.4 is 5.32 Å². The summed E-state index contributed by atoms with van der Waals surface area (Å²) in [6.07, 6.45) is 0. The fourth-order valence-corrected chi connectivity index (χ4v) is 4.50. The standard InChI is InChI=1S/C19H16Cl4N2O3/c1-2-28-16(26)11-25-17(27)24-15-9-8-13(20)10-14(15)18(25,19(21,22)23)12-6-4-3-5-7-12/h3-10H,2,11H2,1H3,(H,24,27). The number of nitrogens with zero attached hydrogens (tertiary/aromatic N) is 1. The van der Waals surface area contributed by atoms with E-state index in [9.17, 15) is 9.59 Å². The average molecular weight is 462 g/mol. The van der Waals surface area contributed by atoms with E-state index in [4.69, 9.17) is 51.1 Å². The van der Waals surface area contributed by atoms with Crippen LogP contribution >= 0.6 is 46.4 Å². The zero-order chi connectivity index (χ0) is 20.5. The van der Waals surface area contributed by atoms with Crippen molar-refractivity contribution in [3.8, 4) is 0 Å². The topological polar surface area (TPSA) is 58.6 Å². The maximum absolute atomic E-state index is 13.0. The Morgan fingerprint density at radius 2 is 1.86 bits per heavy atom. The van der Waals surface area contributed by atoms with E-state index in [0.29, 0.717) is 21.8 Å². The maximum Gasteiger partial charge on any atom is 0.325 e. The minimum absolute atomic E-state index is 0.156. The molecule has 28 heavy (non-hydrogen) atoms. The van der Waals surface area contributed by atoms with Crippen LogP contribution in [0.25, 0.3) is 0 Å². The number of alkyl halides is 3. The molecular formula is C19H16Cl4N2O3. The largest absolute Gasteiger partial charge is 0.465 e. The van der Waals surface area contributed by atoms with Gasteiger partial charge in [-0.3, -0.25) is 9.69 Å². The summed E-state index contributed by atoms with van der Waals surface area (Å²) in [6, 6.07) is 13.0. The normalized spacial score (nSPS) is 19.0. The van der Waals surface area contributed by atoms with Crippen molar-refractivity contribution in [1.82, 2.24) is 4.90 Å². The number of benzene rings is 2. The van der Waals surface area contributed by atoms with E-state index in [1.54, 1.807) is 55.5 Å². The van der Waals surface area contributed by atoms with Gasteiger partial charge in [-0.2, -0.15) is 0 Å². The van der Waals surface area contributed by atoms with Gasteiger partial charge >= 0.3 is 12.0 Å². The van der Waals surface area contributed by atoms with Crippen LogP contribution in [0.5, 0.6) is 0 Å². The fraction of sp³-hybridized carbons (Fsp3) is 0.263. The molecule has 0 saturated heterocycles. The number of amides is 2. The molecule has 0 bridgehead atoms. The first-order valence-electron chi connectivity index (χ1n) is 8.38. The van der Waals surface area contributed by atoms with E-state index in [-0.39, 0.29) is 6.61 Å². The van der Waals surface area contributed by atoms with Crippen molar-refractivity contribution in [2.45, 2.75) is 16.3 Å². The molecule has 1 aliphatic rings. The Balaban J connectivity index is 2.35. The Kier molecular flexibility index (Phi) is 6.01. The second-order valence-electron chi connectivity index (χ2n) is 6.09. The van der Waals surface area contributed by atoms with Gasteiger partial charge in [0.1, 0.15) is 12.1 Å². The molecule has 1 heterocycles. The van der Waals surface area contributed by atoms with Crippen LogP contribution in [0.15, 0.2) is 48.5 Å². The van der Waals surface area contributed by atoms with Crippen molar-refractivity contribution in [3.05, 3.63) is 64.7 Å². The Morgan fingerprint density at radius 3 is 2.46 bits per heavy atom. The third-order valence-corrected chi connectivity index (χ3v) is 5.51. The third kappa shape index (κ3) is 3.52. The van der Waals surface area contributed by atoms with Crippen LogP contribution in [0.2, 0.25) is 5.02 Å². The lowest BCUT2D eigenvalue weighted by molar-refractivity contribution is -0.144. The highest BCUT2D eigenvalue weighted by Crippen LogP contribution is 2.56. The lowest BCUT2D eigenvalue weighted by Crippen LogP contribution is -2.63. The molecule has 0 fully saturated rings. The van der Waals surface area contributed by atoms with E-state index in [0.717, 1.165) is 0 Å². The van der Waals surface area contributed by atoms with Crippen LogP contribution in [0.4, 0.5) is 10.5 Å². The summed E-state index contributed by atoms with van der Waals surface area (Å²) < 4.78 is 2.99. The summed E-state index contributed by atoms with van der Waals surface area (Å²) in [5.74, 6) is -0.627. The van der Waals surface area contributed by atoms with Crippen molar-refractivity contribution in [3.63, 3.8) is 0 Å². The van der Waals surface area contributed by atoms with Gasteiger partial charge in [0.25, 0.3) is 0 Å². The number of hydrogen-bond acceptors (Lipinski definition) is 3. The lowest BCUT2D eigenvalue weighted by atomic mass is 9.80. The maximum atomic E-state index is 13.0. The number of anilines is 1. The number of urea groups is 1. The highest BCUT2D eigenvalue weighted by Gasteiger charge is 2.60. The Bertz CT molecular complexity index is 902. The molecule has 0 aromatic heterocycles. The highest BCUT2D eigenvalue weighted by molar-refractivity contribution is 6.68. The van der Waals surface area contributed by atoms with Gasteiger partial charge < -0.3 is 10.1 Å². The van der Waals surface area contributed by atoms with Crippen LogP contribution in [-0.4, -0.2) is 33.8 Å². The summed E-state index contributed by atoms with van der Waals surface area (Å²) in [7, 11) is 0. The van der Waals surface area contributed by atoms with E-state index in [1.807, 2.05) is 0 Å². The molecule has 0 radical (unpaired) electrons. The number of hydrogen-bond donors (Lipinski definition) is 1. The van der Waals surface area contributed by atoms with E-state index >= 15 is 0 Å². The number of ether oxygens (including phenoxy) is 1. The molecule has 2 aromatic rings. The van der Waals surface area contributed by atoms with Crippen molar-refractivity contribution in [1.29, 1.82) is 0 Å². The quantitative estimate of drug-likeness (QED) is 0.492. The third-order valence-electron chi connectivity index (χ3n) is 4.46. The smallest absolute Gasteiger partial charge is 0.325 e. The van der Waals surface area contributed by atoms with Crippen LogP contribution in [-0.2, 0) is 15.1 Å². The number of esters is 1. The SMILES string of the molecule is CCOC(=O)CN1C(=O)Nc2ccc(Cl)cc2C1(c1ccccc1)C(Cl)(Cl)Cl. The van der Waals surface area contributed by atoms with Gasteiger partial charge in [-0.05, 0) is 30.7 Å². The van der Waals surface area contributed by atoms with Crippen molar-refractivity contribution in [2.75, 3.05) is 18.5 Å². The van der Waals surface area contributed by atoms with Crippen LogP contribution in [0.1, 0.15) is 18.1 Å². The van der Waals surface area contributed by atoms with Crippen molar-refractivity contribution < 1.29 is 14.3 Å². The fourth-order valence-electron chi connectivity index (χ4n) is 3.39. The molecule has 0 spiro atoms. The molecule has 1 N–H and O–H groups in total. The predicted molar refractivity (Wildman–Crippen MR) is 111 cm³/mol. The summed E-state index contributed by atoms with van der Waals surface area (Å²) in [5, 5.41) is 3.12. The molecule has 0 saturated carbocycles. The van der Waals surface area contributed by atoms with Gasteiger partial charge in [0.05, 0.1) is 6.61 Å². The zero-order valence-electron chi connectivity index (χ0n) is 14.7. The minimum atomic E-state index is -2.04. The molecule has 1 unspecified atom stereocenters. The first kappa shape index (κ1) is 21.1. The lowest BCUT2D eigenvalue weighted by Gasteiger charge is -2.51. The molecule has 2 amide bonds. The summed E-state index contributed by atoms with van der Waals surface area (Å²) in [4.78, 5) is 26.5. The molecular weight excluding hydrogens is 446 g/mol. The van der Waals surface area contributed by atoms with Crippen molar-refractivity contribution >= 4 is 64.1 Å². The van der Waals surface area contributed by atoms with Gasteiger partial charge in [0.15, 0.2) is 0 Å². The number of rotatable bonds is 4. The van der Waals surface area contributed by atoms with E-state index in [1.165, 1.54) is 4.90 Å². The number of halogens is 4. The summed E-state index contributed by atoms with van der Waals surface area (Å²) in [5.41, 5.74) is -0.216. The monoisotopic (exact) mass is 460 g/mol. The van der Waals surface area contributed by atoms with Gasteiger partial charge in [0.2, 0.25) is 3.79 Å². The molecule has 0 aliphatic carbocycles. The van der Waals surface area contributed by atoms with E-state index < -0.39 is 27.9 Å². The predicted octanol–water partition coefficient (Wildman–Crippen LogP) is 5.36. The number of fused-ring (bicyclic) bond motifs is 1. The molecule has 148 valence electrons. The first-order chi connectivity index (χ1) is 13.2. The number of carbonyl (C=O) groups is 2. The summed E-state index contributed by atoms with van der Waals surface area (Å²) >= 11 is 25.8. The van der Waals surface area contributed by atoms with Gasteiger partial charge in [0, 0.05) is 16.3 Å². The second kappa shape index (κ2) is 7.99. The molecule has 3 rings (SSSR count). The molecule has 1 aliphatic heterocycles. The van der Waals surface area contributed by atoms with Gasteiger partial charge in [-0.25, -0.2) is 4.79 Å². The molecule has 2 aromatic carbocycles. The van der Waals surface area contributed by atoms with Crippen LogP contribution in [0, 0.1) is 0 Å². The van der Waals surface area contributed by atoms with Crippen LogP contribution in [0.3, 0.4) is 0 Å². The Labute approximate surface area is 182 Å². The van der Waals surface area contributed by atoms with Gasteiger partial charge in [-0.1, -0.05) is 76.7 Å². The zero-order valence-corrected chi connectivity index (χ0v) is 17.7. The highest BCUT2D eigenvalue weighted by atomic mass is 35.6. The Hall–Kier alpha value is -1.66. The molecule has 9 heteroatoms. The van der Waals surface area contributed by atoms with Gasteiger partial charge in [-0.15, -0.1) is 0 Å². The summed E-state index contributed by atoms with van der Waals surface area (Å²) in [6.45, 7) is 1.40. The Morgan fingerprint density at radius 1 is 1.18 bits per heavy atom. The molecule has 5 nitrogen and oxygen atoms in total.